The van der Waals surface area contributed by atoms with Crippen molar-refractivity contribution in [2.24, 2.45) is 0 Å². The highest BCUT2D eigenvalue weighted by Crippen LogP contribution is 2.43. The first kappa shape index (κ1) is 34.0. The second kappa shape index (κ2) is 12.9. The normalized spacial score (nSPS) is 12.2. The number of nitrogens with zero attached hydrogens (tertiary/aromatic N) is 4. The van der Waals surface area contributed by atoms with E-state index in [1.54, 1.807) is 0 Å². The summed E-state index contributed by atoms with van der Waals surface area (Å²) < 4.78 is 14.1. The van der Waals surface area contributed by atoms with E-state index >= 15 is 0 Å². The zero-order valence-corrected chi connectivity index (χ0v) is 34.5. The van der Waals surface area contributed by atoms with Crippen LogP contribution in [0.4, 0.5) is 0 Å². The number of benzene rings is 9. The molecule has 14 aromatic rings. The summed E-state index contributed by atoms with van der Waals surface area (Å²) in [6.45, 7) is 0. The third-order valence-corrected chi connectivity index (χ3v) is 14.7. The SMILES string of the molecule is c1ccc2cc3c(cc2c1)c1ccccc1n3-c1cc(-c2nc(-c3ccc4sc5ccccc5c4c3)nc(-c3ccc4sc5ccccc5c4c3)n2)cc2oc3ccccc3c12. The molecule has 5 aromatic heterocycles. The minimum absolute atomic E-state index is 0.574. The Hall–Kier alpha value is -7.71. The molecular weight excluding hydrogens is 797 g/mol. The summed E-state index contributed by atoms with van der Waals surface area (Å²) in [6, 6.07) is 65.0. The molecule has 0 radical (unpaired) electrons. The lowest BCUT2D eigenvalue weighted by atomic mass is 10.0. The number of thiophene rings is 2. The number of fused-ring (bicyclic) bond motifs is 13. The largest absolute Gasteiger partial charge is 0.456 e. The summed E-state index contributed by atoms with van der Waals surface area (Å²) in [4.78, 5) is 16.0. The maximum Gasteiger partial charge on any atom is 0.164 e. The Labute approximate surface area is 361 Å². The Morgan fingerprint density at radius 1 is 0.355 bits per heavy atom. The molecule has 0 N–H and O–H groups in total. The van der Waals surface area contributed by atoms with Gasteiger partial charge in [0.1, 0.15) is 11.2 Å². The van der Waals surface area contributed by atoms with Crippen LogP contribution in [-0.4, -0.2) is 19.5 Å². The molecule has 0 fully saturated rings. The van der Waals surface area contributed by atoms with Crippen LogP contribution in [0.2, 0.25) is 0 Å². The van der Waals surface area contributed by atoms with Crippen molar-refractivity contribution in [2.45, 2.75) is 0 Å². The van der Waals surface area contributed by atoms with Crippen molar-refractivity contribution in [1.29, 1.82) is 0 Å². The minimum atomic E-state index is 0.574. The molecule has 0 spiro atoms. The van der Waals surface area contributed by atoms with E-state index in [-0.39, 0.29) is 0 Å². The predicted molar refractivity (Wildman–Crippen MR) is 261 cm³/mol. The number of furan rings is 1. The van der Waals surface area contributed by atoms with Crippen LogP contribution >= 0.6 is 22.7 Å². The lowest BCUT2D eigenvalue weighted by Crippen LogP contribution is -2.01. The topological polar surface area (TPSA) is 56.7 Å². The van der Waals surface area contributed by atoms with Crippen molar-refractivity contribution in [3.05, 3.63) is 182 Å². The summed E-state index contributed by atoms with van der Waals surface area (Å²) in [7, 11) is 0. The number of rotatable bonds is 4. The first-order chi connectivity index (χ1) is 30.7. The van der Waals surface area contributed by atoms with Crippen molar-refractivity contribution in [1.82, 2.24) is 19.5 Å². The molecular formula is C55H30N4OS2. The molecule has 0 aliphatic rings. The Balaban J connectivity index is 1.06. The lowest BCUT2D eigenvalue weighted by Gasteiger charge is -2.13. The van der Waals surface area contributed by atoms with E-state index in [0.717, 1.165) is 55.3 Å². The van der Waals surface area contributed by atoms with Crippen molar-refractivity contribution < 1.29 is 4.42 Å². The van der Waals surface area contributed by atoms with Crippen molar-refractivity contribution in [3.8, 4) is 39.9 Å². The highest BCUT2D eigenvalue weighted by Gasteiger charge is 2.22. The summed E-state index contributed by atoms with van der Waals surface area (Å²) in [6.07, 6.45) is 0. The van der Waals surface area contributed by atoms with Crippen molar-refractivity contribution in [3.63, 3.8) is 0 Å². The van der Waals surface area contributed by atoms with Crippen LogP contribution < -0.4 is 0 Å². The molecule has 0 aliphatic carbocycles. The fraction of sp³-hybridized carbons (Fsp3) is 0. The van der Waals surface area contributed by atoms with Gasteiger partial charge in [-0.1, -0.05) is 97.1 Å². The highest BCUT2D eigenvalue weighted by atomic mass is 32.1. The molecule has 5 heterocycles. The molecule has 0 unspecified atom stereocenters. The van der Waals surface area contributed by atoms with E-state index < -0.39 is 0 Å². The predicted octanol–water partition coefficient (Wildman–Crippen LogP) is 15.8. The number of aromatic nitrogens is 4. The smallest absolute Gasteiger partial charge is 0.164 e. The van der Waals surface area contributed by atoms with Gasteiger partial charge in [-0.2, -0.15) is 0 Å². The fourth-order valence-corrected chi connectivity index (χ4v) is 11.7. The maximum absolute atomic E-state index is 6.76. The molecule has 0 amide bonds. The van der Waals surface area contributed by atoms with Crippen molar-refractivity contribution >= 4 is 118 Å². The monoisotopic (exact) mass is 826 g/mol. The molecule has 7 heteroatoms. The van der Waals surface area contributed by atoms with Crippen LogP contribution in [0.15, 0.2) is 186 Å². The van der Waals surface area contributed by atoms with Crippen LogP contribution in [0.25, 0.3) is 135 Å². The van der Waals surface area contributed by atoms with Gasteiger partial charge in [0.25, 0.3) is 0 Å². The standard InChI is InChI=1S/C55H30N4OS2/c1-2-12-32-28-44-40(25-31(32)11-1)36-13-3-7-17-43(36)59(44)45-29-35(30-47-52(45)39-16-4-8-18-46(39)60-47)55-57-53(33-21-23-50-41(26-33)37-14-5-9-19-48(37)61-50)56-54(58-55)34-22-24-51-42(27-34)38-15-6-10-20-49(38)62-51/h1-30H. The fourth-order valence-electron chi connectivity index (χ4n) is 9.55. The Bertz CT molecular complexity index is 4060. The average Bonchev–Trinajstić information content (AvgIpc) is 4.09. The highest BCUT2D eigenvalue weighted by molar-refractivity contribution is 7.26. The molecule has 9 aromatic carbocycles. The van der Waals surface area contributed by atoms with Gasteiger partial charge in [0, 0.05) is 73.2 Å². The van der Waals surface area contributed by atoms with Crippen molar-refractivity contribution in [2.75, 3.05) is 0 Å². The summed E-state index contributed by atoms with van der Waals surface area (Å²) in [5.41, 5.74) is 7.56. The van der Waals surface area contributed by atoms with E-state index in [4.69, 9.17) is 19.4 Å². The summed E-state index contributed by atoms with van der Waals surface area (Å²) in [5.74, 6) is 1.81. The van der Waals surface area contributed by atoms with Gasteiger partial charge in [-0.3, -0.25) is 0 Å². The van der Waals surface area contributed by atoms with E-state index in [1.165, 1.54) is 61.9 Å². The zero-order valence-electron chi connectivity index (χ0n) is 32.8. The van der Waals surface area contributed by atoms with Crippen LogP contribution in [0.5, 0.6) is 0 Å². The molecule has 0 aliphatic heterocycles. The van der Waals surface area contributed by atoms with Gasteiger partial charge in [-0.25, -0.2) is 15.0 Å². The molecule has 288 valence electrons. The van der Waals surface area contributed by atoms with Gasteiger partial charge in [-0.15, -0.1) is 22.7 Å². The van der Waals surface area contributed by atoms with Gasteiger partial charge >= 0.3 is 0 Å². The molecule has 0 saturated carbocycles. The lowest BCUT2D eigenvalue weighted by molar-refractivity contribution is 0.669. The van der Waals surface area contributed by atoms with E-state index in [0.29, 0.717) is 17.5 Å². The Morgan fingerprint density at radius 2 is 0.887 bits per heavy atom. The summed E-state index contributed by atoms with van der Waals surface area (Å²) in [5, 5.41) is 11.7. The third-order valence-electron chi connectivity index (χ3n) is 12.4. The molecule has 0 saturated heterocycles. The van der Waals surface area contributed by atoms with Crippen LogP contribution in [0.3, 0.4) is 0 Å². The quantitative estimate of drug-likeness (QED) is 0.177. The summed E-state index contributed by atoms with van der Waals surface area (Å²) >= 11 is 3.62. The second-order valence-electron chi connectivity index (χ2n) is 16.0. The van der Waals surface area contributed by atoms with Gasteiger partial charge in [-0.05, 0) is 95.7 Å². The van der Waals surface area contributed by atoms with Crippen LogP contribution in [-0.2, 0) is 0 Å². The first-order valence-electron chi connectivity index (χ1n) is 20.7. The number of para-hydroxylation sites is 2. The molecule has 0 bridgehead atoms. The first-order valence-corrected chi connectivity index (χ1v) is 22.3. The van der Waals surface area contributed by atoms with Gasteiger partial charge in [0.15, 0.2) is 17.5 Å². The van der Waals surface area contributed by atoms with Gasteiger partial charge in [0.2, 0.25) is 0 Å². The maximum atomic E-state index is 6.76. The second-order valence-corrected chi connectivity index (χ2v) is 18.1. The third kappa shape index (κ3) is 5.03. The Morgan fingerprint density at radius 3 is 1.56 bits per heavy atom. The number of hydrogen-bond acceptors (Lipinski definition) is 6. The minimum Gasteiger partial charge on any atom is -0.456 e. The average molecular weight is 827 g/mol. The Kier molecular flexibility index (Phi) is 7.08. The van der Waals surface area contributed by atoms with Crippen LogP contribution in [0.1, 0.15) is 0 Å². The number of hydrogen-bond donors (Lipinski definition) is 0. The zero-order chi connectivity index (χ0) is 40.5. The van der Waals surface area contributed by atoms with Crippen LogP contribution in [0, 0.1) is 0 Å². The molecule has 14 rings (SSSR count). The van der Waals surface area contributed by atoms with E-state index in [2.05, 4.69) is 174 Å². The molecule has 0 atom stereocenters. The van der Waals surface area contributed by atoms with Gasteiger partial charge < -0.3 is 8.98 Å². The molecule has 5 nitrogen and oxygen atoms in total. The molecule has 62 heavy (non-hydrogen) atoms. The van der Waals surface area contributed by atoms with Gasteiger partial charge in [0.05, 0.1) is 22.1 Å². The van der Waals surface area contributed by atoms with E-state index in [9.17, 15) is 0 Å². The van der Waals surface area contributed by atoms with E-state index in [1.807, 2.05) is 34.8 Å².